The van der Waals surface area contributed by atoms with E-state index in [9.17, 15) is 3.89 Å². The molecular weight excluding hydrogens is 261 g/mol. The average Bonchev–Trinajstić information content (AvgIpc) is 2.46. The Morgan fingerprint density at radius 1 is 1.50 bits per heavy atom. The zero-order chi connectivity index (χ0) is 8.55. The van der Waals surface area contributed by atoms with Gasteiger partial charge in [-0.05, 0) is 28.1 Å². The van der Waals surface area contributed by atoms with Crippen molar-refractivity contribution in [1.82, 2.24) is 4.98 Å². The Bertz CT molecular complexity index is 415. The number of hydrogen-bond donors (Lipinski definition) is 0. The van der Waals surface area contributed by atoms with Gasteiger partial charge >= 0.3 is 0 Å². The highest BCUT2D eigenvalue weighted by atomic mass is 79.9. The zero-order valence-electron chi connectivity index (χ0n) is 5.75. The topological polar surface area (TPSA) is 12.9 Å². The van der Waals surface area contributed by atoms with E-state index in [1.165, 1.54) is 11.3 Å². The molecule has 2 aromatic rings. The van der Waals surface area contributed by atoms with E-state index in [2.05, 4.69) is 20.9 Å². The maximum Gasteiger partial charge on any atom is 0.125 e. The molecule has 0 spiro atoms. The van der Waals surface area contributed by atoms with E-state index in [0.717, 1.165) is 14.8 Å². The molecule has 0 fully saturated rings. The Hall–Kier alpha value is -0.130. The van der Waals surface area contributed by atoms with Gasteiger partial charge in [0.1, 0.15) is 9.43 Å². The van der Waals surface area contributed by atoms with E-state index in [1.807, 2.05) is 12.1 Å². The maximum absolute atomic E-state index is 12.3. The second-order valence-electron chi connectivity index (χ2n) is 2.16. The SMILES string of the molecule is FSc1csc2nc(Br)ccc12. The first-order chi connectivity index (χ1) is 5.81. The van der Waals surface area contributed by atoms with Crippen molar-refractivity contribution >= 4 is 49.6 Å². The number of aromatic nitrogens is 1. The number of hydrogen-bond acceptors (Lipinski definition) is 3. The maximum atomic E-state index is 12.3. The molecule has 2 aromatic heterocycles. The van der Waals surface area contributed by atoms with Crippen molar-refractivity contribution in [3.63, 3.8) is 0 Å². The van der Waals surface area contributed by atoms with Gasteiger partial charge in [-0.25, -0.2) is 4.98 Å². The molecule has 0 saturated carbocycles. The van der Waals surface area contributed by atoms with Crippen molar-refractivity contribution in [3.8, 4) is 0 Å². The number of thiophene rings is 1. The summed E-state index contributed by atoms with van der Waals surface area (Å²) in [5.41, 5.74) is 0. The van der Waals surface area contributed by atoms with Crippen molar-refractivity contribution in [1.29, 1.82) is 0 Å². The standard InChI is InChI=1S/C7H3BrFNS2/c8-6-2-1-4-5(12-9)3-11-7(4)10-6/h1-3H. The summed E-state index contributed by atoms with van der Waals surface area (Å²) in [5, 5.41) is 2.66. The second-order valence-corrected chi connectivity index (χ2v) is 4.43. The van der Waals surface area contributed by atoms with Gasteiger partial charge in [0.2, 0.25) is 0 Å². The van der Waals surface area contributed by atoms with Crippen molar-refractivity contribution in [3.05, 3.63) is 22.1 Å². The molecule has 0 amide bonds. The molecule has 0 aliphatic heterocycles. The van der Waals surface area contributed by atoms with Gasteiger partial charge < -0.3 is 0 Å². The minimum absolute atomic E-state index is 0.266. The van der Waals surface area contributed by atoms with Gasteiger partial charge in [-0.3, -0.25) is 0 Å². The molecule has 1 nitrogen and oxygen atoms in total. The van der Waals surface area contributed by atoms with E-state index in [4.69, 9.17) is 0 Å². The molecule has 0 N–H and O–H groups in total. The fourth-order valence-corrected chi connectivity index (χ4v) is 2.76. The van der Waals surface area contributed by atoms with Crippen LogP contribution < -0.4 is 0 Å². The molecule has 0 atom stereocenters. The lowest BCUT2D eigenvalue weighted by atomic mass is 10.3. The van der Waals surface area contributed by atoms with Crippen LogP contribution >= 0.6 is 39.4 Å². The number of pyridine rings is 1. The number of rotatable bonds is 1. The van der Waals surface area contributed by atoms with E-state index >= 15 is 0 Å². The average molecular weight is 264 g/mol. The number of halogens is 2. The smallest absolute Gasteiger partial charge is 0.125 e. The van der Waals surface area contributed by atoms with Gasteiger partial charge in [0.25, 0.3) is 0 Å². The fraction of sp³-hybridized carbons (Fsp3) is 0. The third-order valence-corrected chi connectivity index (χ3v) is 3.44. The Morgan fingerprint density at radius 3 is 3.08 bits per heavy atom. The largest absolute Gasteiger partial charge is 0.230 e. The Morgan fingerprint density at radius 2 is 2.33 bits per heavy atom. The van der Waals surface area contributed by atoms with Crippen LogP contribution in [-0.4, -0.2) is 4.98 Å². The highest BCUT2D eigenvalue weighted by molar-refractivity contribution is 9.10. The van der Waals surface area contributed by atoms with Crippen molar-refractivity contribution in [2.24, 2.45) is 0 Å². The van der Waals surface area contributed by atoms with Crippen molar-refractivity contribution in [2.75, 3.05) is 0 Å². The highest BCUT2D eigenvalue weighted by Gasteiger charge is 2.05. The van der Waals surface area contributed by atoms with Crippen LogP contribution in [0.2, 0.25) is 0 Å². The molecule has 0 aliphatic carbocycles. The summed E-state index contributed by atoms with van der Waals surface area (Å²) in [4.78, 5) is 5.71. The van der Waals surface area contributed by atoms with Crippen molar-refractivity contribution < 1.29 is 3.89 Å². The molecule has 62 valence electrons. The predicted octanol–water partition coefficient (Wildman–Crippen LogP) is 4.04. The van der Waals surface area contributed by atoms with Crippen LogP contribution in [0.1, 0.15) is 0 Å². The molecule has 2 heterocycles. The summed E-state index contributed by atoms with van der Waals surface area (Å²) in [6.45, 7) is 0. The van der Waals surface area contributed by atoms with E-state index in [1.54, 1.807) is 5.38 Å². The zero-order valence-corrected chi connectivity index (χ0v) is 8.97. The molecular formula is C7H3BrFNS2. The van der Waals surface area contributed by atoms with Gasteiger partial charge in [0, 0.05) is 10.8 Å². The molecule has 0 saturated heterocycles. The fourth-order valence-electron chi connectivity index (χ4n) is 0.928. The lowest BCUT2D eigenvalue weighted by Gasteiger charge is -1.90. The summed E-state index contributed by atoms with van der Waals surface area (Å²) in [5.74, 6) is 0. The molecule has 12 heavy (non-hydrogen) atoms. The van der Waals surface area contributed by atoms with Crippen LogP contribution in [0.15, 0.2) is 27.0 Å². The summed E-state index contributed by atoms with van der Waals surface area (Å²) in [6.07, 6.45) is 0. The summed E-state index contributed by atoms with van der Waals surface area (Å²) in [6, 6.07) is 3.68. The third kappa shape index (κ3) is 1.36. The van der Waals surface area contributed by atoms with Crippen LogP contribution in [0.4, 0.5) is 3.89 Å². The van der Waals surface area contributed by atoms with Gasteiger partial charge in [0.15, 0.2) is 0 Å². The summed E-state index contributed by atoms with van der Waals surface area (Å²) < 4.78 is 13.1. The third-order valence-electron chi connectivity index (χ3n) is 1.45. The minimum Gasteiger partial charge on any atom is -0.230 e. The second kappa shape index (κ2) is 3.32. The van der Waals surface area contributed by atoms with Crippen LogP contribution in [0, 0.1) is 0 Å². The monoisotopic (exact) mass is 263 g/mol. The van der Waals surface area contributed by atoms with Gasteiger partial charge in [-0.2, -0.15) is 3.89 Å². The van der Waals surface area contributed by atoms with Crippen LogP contribution in [0.25, 0.3) is 10.2 Å². The highest BCUT2D eigenvalue weighted by Crippen LogP contribution is 2.33. The molecule has 0 unspecified atom stereocenters. The molecule has 0 radical (unpaired) electrons. The lowest BCUT2D eigenvalue weighted by Crippen LogP contribution is -1.73. The minimum atomic E-state index is 0.266. The molecule has 0 aliphatic rings. The molecule has 5 heteroatoms. The van der Waals surface area contributed by atoms with Crippen LogP contribution in [-0.2, 0) is 0 Å². The Balaban J connectivity index is 2.73. The quantitative estimate of drug-likeness (QED) is 0.721. The normalized spacial score (nSPS) is 10.8. The lowest BCUT2D eigenvalue weighted by molar-refractivity contribution is 0.937. The summed E-state index contributed by atoms with van der Waals surface area (Å²) >= 11 is 4.98. The first-order valence-corrected chi connectivity index (χ1v) is 5.52. The van der Waals surface area contributed by atoms with Crippen LogP contribution in [0.3, 0.4) is 0 Å². The van der Waals surface area contributed by atoms with Crippen molar-refractivity contribution in [2.45, 2.75) is 4.90 Å². The Labute approximate surface area is 85.4 Å². The first-order valence-electron chi connectivity index (χ1n) is 3.13. The summed E-state index contributed by atoms with van der Waals surface area (Å²) in [7, 11) is 0. The van der Waals surface area contributed by atoms with E-state index < -0.39 is 0 Å². The number of nitrogens with zero attached hydrogens (tertiary/aromatic N) is 1. The molecule has 2 rings (SSSR count). The molecule has 0 aromatic carbocycles. The molecule has 0 bridgehead atoms. The van der Waals surface area contributed by atoms with Gasteiger partial charge in [0.05, 0.1) is 17.0 Å². The van der Waals surface area contributed by atoms with E-state index in [0.29, 0.717) is 4.90 Å². The van der Waals surface area contributed by atoms with E-state index in [-0.39, 0.29) is 12.1 Å². The van der Waals surface area contributed by atoms with Gasteiger partial charge in [-0.1, -0.05) is 0 Å². The first kappa shape index (κ1) is 8.47. The Kier molecular flexibility index (Phi) is 2.34. The number of fused-ring (bicyclic) bond motifs is 1. The predicted molar refractivity (Wildman–Crippen MR) is 54.3 cm³/mol. The van der Waals surface area contributed by atoms with Crippen LogP contribution in [0.5, 0.6) is 0 Å². The van der Waals surface area contributed by atoms with Gasteiger partial charge in [-0.15, -0.1) is 11.3 Å².